The summed E-state index contributed by atoms with van der Waals surface area (Å²) >= 11 is 6.53. The zero-order chi connectivity index (χ0) is 25.8. The summed E-state index contributed by atoms with van der Waals surface area (Å²) in [5.41, 5.74) is 2.81. The predicted molar refractivity (Wildman–Crippen MR) is 141 cm³/mol. The summed E-state index contributed by atoms with van der Waals surface area (Å²) < 4.78 is 1.53. The third-order valence-corrected chi connectivity index (χ3v) is 6.52. The van der Waals surface area contributed by atoms with Crippen molar-refractivity contribution >= 4 is 34.7 Å². The molecule has 2 atom stereocenters. The Labute approximate surface area is 212 Å². The number of aromatic nitrogens is 4. The van der Waals surface area contributed by atoms with E-state index in [2.05, 4.69) is 53.5 Å². The molecule has 2 amide bonds. The Morgan fingerprint density at radius 3 is 2.37 bits per heavy atom. The van der Waals surface area contributed by atoms with E-state index in [1.165, 1.54) is 4.63 Å². The van der Waals surface area contributed by atoms with Crippen molar-refractivity contribution in [3.8, 4) is 11.4 Å². The van der Waals surface area contributed by atoms with Crippen LogP contribution in [-0.4, -0.2) is 38.2 Å². The summed E-state index contributed by atoms with van der Waals surface area (Å²) in [5.74, 6) is 0.120. The second-order valence-electron chi connectivity index (χ2n) is 10.2. The van der Waals surface area contributed by atoms with Crippen molar-refractivity contribution in [2.24, 2.45) is 11.8 Å². The summed E-state index contributed by atoms with van der Waals surface area (Å²) in [5, 5.41) is 15.6. The van der Waals surface area contributed by atoms with E-state index in [4.69, 9.17) is 11.6 Å². The molecule has 3 aromatic rings. The molecule has 0 aliphatic carbocycles. The lowest BCUT2D eigenvalue weighted by Gasteiger charge is -2.19. The molecule has 0 fully saturated rings. The molecule has 3 rings (SSSR count). The minimum atomic E-state index is -0.237. The molecule has 2 unspecified atom stereocenters. The number of nitrogens with one attached hydrogen (secondary N) is 3. The van der Waals surface area contributed by atoms with Gasteiger partial charge in [0.1, 0.15) is 5.02 Å². The van der Waals surface area contributed by atoms with E-state index in [1.54, 1.807) is 0 Å². The summed E-state index contributed by atoms with van der Waals surface area (Å²) in [7, 11) is 0. The van der Waals surface area contributed by atoms with Crippen molar-refractivity contribution in [2.45, 2.75) is 72.6 Å². The highest BCUT2D eigenvalue weighted by Crippen LogP contribution is 2.32. The van der Waals surface area contributed by atoms with Gasteiger partial charge in [0, 0.05) is 35.0 Å². The lowest BCUT2D eigenvalue weighted by molar-refractivity contribution is -0.126. The van der Waals surface area contributed by atoms with Gasteiger partial charge in [0.05, 0.1) is 5.69 Å². The van der Waals surface area contributed by atoms with Crippen LogP contribution in [0.15, 0.2) is 24.3 Å². The molecule has 2 heterocycles. The normalized spacial score (nSPS) is 13.6. The molecule has 0 bridgehead atoms. The van der Waals surface area contributed by atoms with Crippen molar-refractivity contribution < 1.29 is 9.59 Å². The van der Waals surface area contributed by atoms with Crippen LogP contribution < -0.4 is 10.6 Å². The van der Waals surface area contributed by atoms with Crippen LogP contribution in [0.2, 0.25) is 5.02 Å². The van der Waals surface area contributed by atoms with Crippen LogP contribution in [0.1, 0.15) is 72.9 Å². The second kappa shape index (κ2) is 11.2. The number of hydrogen-bond acceptors (Lipinski definition) is 4. The summed E-state index contributed by atoms with van der Waals surface area (Å²) in [6.45, 7) is 12.8. The topological polar surface area (TPSA) is 104 Å². The number of carbonyl (C=O) groups is 2. The predicted octanol–water partition coefficient (Wildman–Crippen LogP) is 5.58. The van der Waals surface area contributed by atoms with E-state index < -0.39 is 0 Å². The molecular weight excluding hydrogens is 464 g/mol. The van der Waals surface area contributed by atoms with Crippen LogP contribution in [0, 0.1) is 11.8 Å². The Morgan fingerprint density at radius 1 is 1.11 bits per heavy atom. The maximum Gasteiger partial charge on any atom is 0.227 e. The van der Waals surface area contributed by atoms with Gasteiger partial charge in [0.25, 0.3) is 0 Å². The van der Waals surface area contributed by atoms with Gasteiger partial charge in [-0.1, -0.05) is 59.6 Å². The highest BCUT2D eigenvalue weighted by molar-refractivity contribution is 6.34. The first kappa shape index (κ1) is 26.7. The molecule has 0 aliphatic heterocycles. The first-order valence-electron chi connectivity index (χ1n) is 12.4. The van der Waals surface area contributed by atoms with Gasteiger partial charge in [-0.05, 0) is 43.5 Å². The number of benzene rings is 1. The number of fused-ring (bicyclic) bond motifs is 1. The van der Waals surface area contributed by atoms with Crippen LogP contribution in [-0.2, 0) is 15.0 Å². The first-order chi connectivity index (χ1) is 16.5. The van der Waals surface area contributed by atoms with Gasteiger partial charge in [-0.3, -0.25) is 9.59 Å². The van der Waals surface area contributed by atoms with Gasteiger partial charge in [-0.2, -0.15) is 5.10 Å². The number of H-pyrrole nitrogens is 1. The molecule has 0 saturated carbocycles. The molecule has 1 aromatic carbocycles. The smallest absolute Gasteiger partial charge is 0.227 e. The Morgan fingerprint density at radius 2 is 1.80 bits per heavy atom. The molecule has 3 N–H and O–H groups in total. The van der Waals surface area contributed by atoms with E-state index in [1.807, 2.05) is 38.1 Å². The fourth-order valence-electron chi connectivity index (χ4n) is 3.92. The number of amides is 2. The van der Waals surface area contributed by atoms with Gasteiger partial charge in [0.15, 0.2) is 11.5 Å². The van der Waals surface area contributed by atoms with Crippen molar-refractivity contribution in [1.82, 2.24) is 25.1 Å². The molecule has 2 aromatic heterocycles. The molecule has 0 spiro atoms. The minimum Gasteiger partial charge on any atom is -0.356 e. The summed E-state index contributed by atoms with van der Waals surface area (Å²) in [4.78, 5) is 28.4. The number of rotatable bonds is 10. The molecule has 35 heavy (non-hydrogen) atoms. The second-order valence-corrected chi connectivity index (χ2v) is 10.6. The molecule has 190 valence electrons. The Hall–Kier alpha value is -2.87. The van der Waals surface area contributed by atoms with E-state index in [-0.39, 0.29) is 29.1 Å². The highest BCUT2D eigenvalue weighted by atomic mass is 35.5. The summed E-state index contributed by atoms with van der Waals surface area (Å²) in [6, 6.07) is 7.46. The van der Waals surface area contributed by atoms with Gasteiger partial charge in [0.2, 0.25) is 11.8 Å². The molecule has 8 nitrogen and oxygen atoms in total. The Balaban J connectivity index is 1.64. The quantitative estimate of drug-likeness (QED) is 0.316. The van der Waals surface area contributed by atoms with Crippen molar-refractivity contribution in [3.05, 3.63) is 35.0 Å². The van der Waals surface area contributed by atoms with E-state index >= 15 is 0 Å². The minimum absolute atomic E-state index is 0.00794. The number of unbranched alkanes of at least 4 members (excludes halogenated alkanes) is 1. The zero-order valence-electron chi connectivity index (χ0n) is 21.5. The van der Waals surface area contributed by atoms with E-state index in [0.29, 0.717) is 41.6 Å². The molecular formula is C26H37ClN6O2. The molecule has 0 aliphatic rings. The van der Waals surface area contributed by atoms with Crippen molar-refractivity contribution in [2.75, 3.05) is 11.9 Å². The van der Waals surface area contributed by atoms with Crippen molar-refractivity contribution in [3.63, 3.8) is 0 Å². The van der Waals surface area contributed by atoms with Crippen LogP contribution >= 0.6 is 11.6 Å². The monoisotopic (exact) mass is 500 g/mol. The number of anilines is 1. The first-order valence-corrected chi connectivity index (χ1v) is 12.8. The standard InChI is InChI=1S/C26H37ClN6O2/c1-7-9-14-28-24(34)16(3)15-17(8-2)25(35)29-19-12-10-18(11-13-19)22-30-23-20(27)21(26(4,5)6)31-33(23)32-22/h10-13,16-17H,7-9,14-15H2,1-6H3,(H,28,34)(H,29,35)(H,30,32). The SMILES string of the molecule is CCCCNC(=O)C(C)CC(CC)C(=O)Nc1ccc(-c2nn3nc(C(C)(C)C)c(Cl)c3[nH]2)cc1. The summed E-state index contributed by atoms with van der Waals surface area (Å²) in [6.07, 6.45) is 3.18. The number of aromatic amines is 1. The number of halogens is 1. The molecule has 9 heteroatoms. The fraction of sp³-hybridized carbons (Fsp3) is 0.538. The number of carbonyl (C=O) groups excluding carboxylic acids is 2. The average Bonchev–Trinajstić information content (AvgIpc) is 3.37. The fourth-order valence-corrected chi connectivity index (χ4v) is 4.36. The van der Waals surface area contributed by atoms with Crippen LogP contribution in [0.3, 0.4) is 0 Å². The van der Waals surface area contributed by atoms with Gasteiger partial charge in [-0.25, -0.2) is 0 Å². The number of hydrogen-bond donors (Lipinski definition) is 3. The van der Waals surface area contributed by atoms with Crippen LogP contribution in [0.5, 0.6) is 0 Å². The van der Waals surface area contributed by atoms with Gasteiger partial charge >= 0.3 is 0 Å². The number of nitrogens with zero attached hydrogens (tertiary/aromatic N) is 3. The molecule has 0 radical (unpaired) electrons. The van der Waals surface area contributed by atoms with Gasteiger partial charge < -0.3 is 15.6 Å². The Kier molecular flexibility index (Phi) is 8.59. The lowest BCUT2D eigenvalue weighted by Crippen LogP contribution is -2.33. The Bertz CT molecular complexity index is 1160. The van der Waals surface area contributed by atoms with Crippen LogP contribution in [0.4, 0.5) is 5.69 Å². The zero-order valence-corrected chi connectivity index (χ0v) is 22.3. The third-order valence-electron chi connectivity index (χ3n) is 6.16. The largest absolute Gasteiger partial charge is 0.356 e. The van der Waals surface area contributed by atoms with Crippen LogP contribution in [0.25, 0.3) is 17.0 Å². The highest BCUT2D eigenvalue weighted by Gasteiger charge is 2.26. The third kappa shape index (κ3) is 6.42. The average molecular weight is 501 g/mol. The van der Waals surface area contributed by atoms with Crippen molar-refractivity contribution in [1.29, 1.82) is 0 Å². The van der Waals surface area contributed by atoms with E-state index in [0.717, 1.165) is 24.1 Å². The maximum absolute atomic E-state index is 12.9. The lowest BCUT2D eigenvalue weighted by atomic mass is 9.92. The van der Waals surface area contributed by atoms with E-state index in [9.17, 15) is 9.59 Å². The molecule has 0 saturated heterocycles. The maximum atomic E-state index is 12.9. The van der Waals surface area contributed by atoms with Gasteiger partial charge in [-0.15, -0.1) is 9.73 Å².